The number of nitrogens with zero attached hydrogens (tertiary/aromatic N) is 1. The highest BCUT2D eigenvalue weighted by atomic mass is 16.5. The van der Waals surface area contributed by atoms with Crippen molar-refractivity contribution < 1.29 is 14.4 Å². The predicted octanol–water partition coefficient (Wildman–Crippen LogP) is 4.96. The van der Waals surface area contributed by atoms with Gasteiger partial charge in [0.15, 0.2) is 5.78 Å². The van der Waals surface area contributed by atoms with Gasteiger partial charge in [0.25, 0.3) is 0 Å². The highest BCUT2D eigenvalue weighted by Gasteiger charge is 2.41. The van der Waals surface area contributed by atoms with Crippen LogP contribution in [0.25, 0.3) is 0 Å². The molecular formula is C24H22N2O3. The molecule has 0 spiro atoms. The standard InChI is InChI=1S/C24H22N2O3/c1-13-5-3-4-6-18(13)22-21-14(2)26-29-24(21)25-19-11-16(12-20(28)23(19)22)15-7-9-17(27)10-8-15/h3-10,16,22,25,27H,11-12H2,1-2H3. The van der Waals surface area contributed by atoms with Crippen LogP contribution in [0.15, 0.2) is 64.3 Å². The fourth-order valence-electron chi connectivity index (χ4n) is 4.68. The van der Waals surface area contributed by atoms with Crippen molar-refractivity contribution in [1.29, 1.82) is 0 Å². The molecule has 2 aromatic carbocycles. The van der Waals surface area contributed by atoms with E-state index in [0.717, 1.165) is 39.2 Å². The van der Waals surface area contributed by atoms with E-state index in [2.05, 4.69) is 29.5 Å². The number of aryl methyl sites for hydroxylation is 2. The molecule has 29 heavy (non-hydrogen) atoms. The minimum absolute atomic E-state index is 0.0671. The summed E-state index contributed by atoms with van der Waals surface area (Å²) in [6, 6.07) is 15.3. The zero-order valence-corrected chi connectivity index (χ0v) is 16.4. The van der Waals surface area contributed by atoms with Crippen molar-refractivity contribution in [1.82, 2.24) is 5.16 Å². The molecule has 2 unspecified atom stereocenters. The van der Waals surface area contributed by atoms with Gasteiger partial charge in [0.2, 0.25) is 5.88 Å². The van der Waals surface area contributed by atoms with Crippen LogP contribution in [-0.4, -0.2) is 16.0 Å². The molecule has 0 fully saturated rings. The molecule has 3 aromatic rings. The predicted molar refractivity (Wildman–Crippen MR) is 110 cm³/mol. The monoisotopic (exact) mass is 386 g/mol. The fourth-order valence-corrected chi connectivity index (χ4v) is 4.68. The SMILES string of the molecule is Cc1ccccc1C1C2=C(CC(c3ccc(O)cc3)CC2=O)Nc2onc(C)c21. The number of benzene rings is 2. The van der Waals surface area contributed by atoms with E-state index < -0.39 is 0 Å². The maximum Gasteiger partial charge on any atom is 0.233 e. The lowest BCUT2D eigenvalue weighted by atomic mass is 9.72. The smallest absolute Gasteiger partial charge is 0.233 e. The van der Waals surface area contributed by atoms with Crippen LogP contribution in [-0.2, 0) is 4.79 Å². The van der Waals surface area contributed by atoms with Gasteiger partial charge in [-0.25, -0.2) is 0 Å². The molecule has 0 saturated heterocycles. The van der Waals surface area contributed by atoms with E-state index in [4.69, 9.17) is 4.52 Å². The Balaban J connectivity index is 1.63. The van der Waals surface area contributed by atoms with Gasteiger partial charge in [-0.05, 0) is 55.0 Å². The van der Waals surface area contributed by atoms with Crippen molar-refractivity contribution in [3.05, 3.63) is 87.7 Å². The lowest BCUT2D eigenvalue weighted by Gasteiger charge is -2.35. The number of carbonyl (C=O) groups excluding carboxylic acids is 1. The maximum atomic E-state index is 13.4. The van der Waals surface area contributed by atoms with E-state index in [1.54, 1.807) is 12.1 Å². The first kappa shape index (κ1) is 17.7. The second kappa shape index (κ2) is 6.62. The summed E-state index contributed by atoms with van der Waals surface area (Å²) in [5, 5.41) is 17.1. The summed E-state index contributed by atoms with van der Waals surface area (Å²) in [4.78, 5) is 13.4. The molecule has 2 N–H and O–H groups in total. The quantitative estimate of drug-likeness (QED) is 0.651. The Morgan fingerprint density at radius 1 is 1.07 bits per heavy atom. The summed E-state index contributed by atoms with van der Waals surface area (Å²) in [6.45, 7) is 4.00. The summed E-state index contributed by atoms with van der Waals surface area (Å²) in [7, 11) is 0. The molecule has 5 heteroatoms. The lowest BCUT2D eigenvalue weighted by molar-refractivity contribution is -0.116. The molecule has 2 aliphatic rings. The fraction of sp³-hybridized carbons (Fsp3) is 0.250. The molecule has 0 bridgehead atoms. The number of nitrogens with one attached hydrogen (secondary N) is 1. The Hall–Kier alpha value is -3.34. The van der Waals surface area contributed by atoms with Crippen LogP contribution in [0.1, 0.15) is 52.6 Å². The van der Waals surface area contributed by atoms with E-state index in [0.29, 0.717) is 18.7 Å². The highest BCUT2D eigenvalue weighted by molar-refractivity contribution is 6.01. The van der Waals surface area contributed by atoms with Crippen molar-refractivity contribution in [2.45, 2.75) is 38.5 Å². The number of hydrogen-bond donors (Lipinski definition) is 2. The molecule has 1 aromatic heterocycles. The molecule has 146 valence electrons. The van der Waals surface area contributed by atoms with Gasteiger partial charge < -0.3 is 14.9 Å². The number of ketones is 1. The highest BCUT2D eigenvalue weighted by Crippen LogP contribution is 2.49. The molecular weight excluding hydrogens is 364 g/mol. The number of phenolic OH excluding ortho intramolecular Hbond substituents is 1. The van der Waals surface area contributed by atoms with Gasteiger partial charge in [0.1, 0.15) is 5.75 Å². The summed E-state index contributed by atoms with van der Waals surface area (Å²) in [5.74, 6) is 0.914. The molecule has 1 aliphatic carbocycles. The third-order valence-electron chi connectivity index (χ3n) is 6.12. The number of carbonyl (C=O) groups is 1. The average molecular weight is 386 g/mol. The minimum Gasteiger partial charge on any atom is -0.508 e. The normalized spacial score (nSPS) is 20.8. The lowest BCUT2D eigenvalue weighted by Crippen LogP contribution is -2.29. The van der Waals surface area contributed by atoms with Crippen LogP contribution in [0.4, 0.5) is 5.88 Å². The van der Waals surface area contributed by atoms with Gasteiger partial charge in [0.05, 0.1) is 11.3 Å². The van der Waals surface area contributed by atoms with Crippen LogP contribution in [0, 0.1) is 13.8 Å². The number of rotatable bonds is 2. The first-order valence-electron chi connectivity index (χ1n) is 9.87. The topological polar surface area (TPSA) is 75.4 Å². The Labute approximate surface area is 169 Å². The number of phenols is 1. The second-order valence-corrected chi connectivity index (χ2v) is 7.94. The average Bonchev–Trinajstić information content (AvgIpc) is 3.08. The van der Waals surface area contributed by atoms with Crippen molar-refractivity contribution in [3.8, 4) is 5.75 Å². The Morgan fingerprint density at radius 3 is 2.59 bits per heavy atom. The van der Waals surface area contributed by atoms with E-state index in [-0.39, 0.29) is 23.4 Å². The number of fused-ring (bicyclic) bond motifs is 1. The first-order chi connectivity index (χ1) is 14.0. The van der Waals surface area contributed by atoms with E-state index in [9.17, 15) is 9.90 Å². The molecule has 0 amide bonds. The third-order valence-corrected chi connectivity index (χ3v) is 6.12. The molecule has 5 nitrogen and oxygen atoms in total. The van der Waals surface area contributed by atoms with Crippen LogP contribution >= 0.6 is 0 Å². The number of aromatic hydroxyl groups is 1. The van der Waals surface area contributed by atoms with Crippen molar-refractivity contribution in [2.75, 3.05) is 5.32 Å². The van der Waals surface area contributed by atoms with Gasteiger partial charge in [-0.3, -0.25) is 4.79 Å². The maximum absolute atomic E-state index is 13.4. The van der Waals surface area contributed by atoms with Gasteiger partial charge in [-0.15, -0.1) is 0 Å². The molecule has 1 aliphatic heterocycles. The van der Waals surface area contributed by atoms with Gasteiger partial charge in [-0.2, -0.15) is 0 Å². The number of hydrogen-bond acceptors (Lipinski definition) is 5. The number of Topliss-reactive ketones (excluding diaryl/α,β-unsaturated/α-hetero) is 1. The summed E-state index contributed by atoms with van der Waals surface area (Å²) >= 11 is 0. The Bertz CT molecular complexity index is 1140. The first-order valence-corrected chi connectivity index (χ1v) is 9.87. The number of anilines is 1. The van der Waals surface area contributed by atoms with Crippen molar-refractivity contribution in [2.24, 2.45) is 0 Å². The van der Waals surface area contributed by atoms with Gasteiger partial charge in [-0.1, -0.05) is 41.6 Å². The molecule has 2 heterocycles. The van der Waals surface area contributed by atoms with E-state index in [1.807, 2.05) is 31.2 Å². The number of aromatic nitrogens is 1. The van der Waals surface area contributed by atoms with E-state index in [1.165, 1.54) is 0 Å². The Kier molecular flexibility index (Phi) is 4.05. The summed E-state index contributed by atoms with van der Waals surface area (Å²) in [5.41, 5.74) is 6.81. The second-order valence-electron chi connectivity index (χ2n) is 7.94. The zero-order valence-electron chi connectivity index (χ0n) is 16.4. The zero-order chi connectivity index (χ0) is 20.1. The van der Waals surface area contributed by atoms with Crippen molar-refractivity contribution in [3.63, 3.8) is 0 Å². The van der Waals surface area contributed by atoms with Crippen LogP contribution in [0.2, 0.25) is 0 Å². The minimum atomic E-state index is -0.165. The molecule has 0 saturated carbocycles. The number of allylic oxidation sites excluding steroid dienone is 2. The third kappa shape index (κ3) is 2.85. The van der Waals surface area contributed by atoms with Crippen LogP contribution < -0.4 is 5.32 Å². The molecule has 2 atom stereocenters. The van der Waals surface area contributed by atoms with Crippen LogP contribution in [0.3, 0.4) is 0 Å². The van der Waals surface area contributed by atoms with Gasteiger partial charge >= 0.3 is 0 Å². The van der Waals surface area contributed by atoms with Crippen molar-refractivity contribution >= 4 is 11.7 Å². The van der Waals surface area contributed by atoms with Crippen LogP contribution in [0.5, 0.6) is 5.75 Å². The van der Waals surface area contributed by atoms with E-state index >= 15 is 0 Å². The summed E-state index contributed by atoms with van der Waals surface area (Å²) in [6.07, 6.45) is 1.17. The molecule has 5 rings (SSSR count). The summed E-state index contributed by atoms with van der Waals surface area (Å²) < 4.78 is 5.58. The van der Waals surface area contributed by atoms with Gasteiger partial charge in [0, 0.05) is 23.6 Å². The largest absolute Gasteiger partial charge is 0.508 e. The Morgan fingerprint density at radius 2 is 1.83 bits per heavy atom. The molecule has 0 radical (unpaired) electrons.